The van der Waals surface area contributed by atoms with E-state index in [4.69, 9.17) is 10.5 Å². The monoisotopic (exact) mass is 263 g/mol. The molecule has 0 fully saturated rings. The Labute approximate surface area is 110 Å². The first-order chi connectivity index (χ1) is 8.76. The summed E-state index contributed by atoms with van der Waals surface area (Å²) in [4.78, 5) is 1.77. The fourth-order valence-corrected chi connectivity index (χ4v) is 2.74. The van der Waals surface area contributed by atoms with E-state index < -0.39 is 0 Å². The van der Waals surface area contributed by atoms with Gasteiger partial charge in [0, 0.05) is 17.0 Å². The van der Waals surface area contributed by atoms with Gasteiger partial charge < -0.3 is 10.5 Å². The van der Waals surface area contributed by atoms with Crippen LogP contribution in [-0.4, -0.2) is 7.11 Å². The zero-order chi connectivity index (χ0) is 13.0. The van der Waals surface area contributed by atoms with Gasteiger partial charge in [-0.15, -0.1) is 0 Å². The zero-order valence-corrected chi connectivity index (χ0v) is 10.8. The average molecular weight is 263 g/mol. The van der Waals surface area contributed by atoms with Crippen molar-refractivity contribution in [2.45, 2.75) is 16.3 Å². The molecule has 0 aliphatic rings. The normalized spacial score (nSPS) is 10.4. The summed E-state index contributed by atoms with van der Waals surface area (Å²) in [5.41, 5.74) is 6.13. The van der Waals surface area contributed by atoms with E-state index in [2.05, 4.69) is 0 Å². The summed E-state index contributed by atoms with van der Waals surface area (Å²) in [7, 11) is 1.62. The fourth-order valence-electron chi connectivity index (χ4n) is 1.65. The Bertz CT molecular complexity index is 545. The van der Waals surface area contributed by atoms with Crippen molar-refractivity contribution in [1.29, 1.82) is 0 Å². The molecule has 4 heteroatoms. The maximum absolute atomic E-state index is 13.6. The molecule has 0 bridgehead atoms. The summed E-state index contributed by atoms with van der Waals surface area (Å²) in [5, 5.41) is 0. The first kappa shape index (κ1) is 12.9. The molecule has 94 valence electrons. The van der Waals surface area contributed by atoms with E-state index in [1.165, 1.54) is 17.8 Å². The van der Waals surface area contributed by atoms with Crippen LogP contribution in [0.15, 0.2) is 52.3 Å². The van der Waals surface area contributed by atoms with Gasteiger partial charge in [-0.05, 0) is 24.3 Å². The molecule has 0 aromatic heterocycles. The molecule has 0 atom stereocenters. The predicted molar refractivity (Wildman–Crippen MR) is 71.4 cm³/mol. The number of halogens is 1. The lowest BCUT2D eigenvalue weighted by molar-refractivity contribution is 0.405. The number of nitrogens with two attached hydrogens (primary N) is 1. The summed E-state index contributed by atoms with van der Waals surface area (Å²) in [5.74, 6) is 0.507. The van der Waals surface area contributed by atoms with Gasteiger partial charge in [0.25, 0.3) is 0 Å². The van der Waals surface area contributed by atoms with Gasteiger partial charge in [-0.3, -0.25) is 0 Å². The van der Waals surface area contributed by atoms with Crippen molar-refractivity contribution in [1.82, 2.24) is 0 Å². The highest BCUT2D eigenvalue weighted by atomic mass is 32.2. The Balaban J connectivity index is 2.37. The second-order valence-corrected chi connectivity index (χ2v) is 4.76. The van der Waals surface area contributed by atoms with Gasteiger partial charge in [0.05, 0.1) is 12.0 Å². The molecule has 0 aliphatic carbocycles. The van der Waals surface area contributed by atoms with Crippen molar-refractivity contribution >= 4 is 11.8 Å². The number of benzene rings is 2. The highest BCUT2D eigenvalue weighted by molar-refractivity contribution is 7.99. The van der Waals surface area contributed by atoms with Crippen LogP contribution in [0.3, 0.4) is 0 Å². The molecule has 18 heavy (non-hydrogen) atoms. The van der Waals surface area contributed by atoms with Gasteiger partial charge in [0.1, 0.15) is 11.6 Å². The summed E-state index contributed by atoms with van der Waals surface area (Å²) < 4.78 is 18.9. The van der Waals surface area contributed by atoms with Crippen LogP contribution in [0.4, 0.5) is 4.39 Å². The summed E-state index contributed by atoms with van der Waals surface area (Å²) in [6.07, 6.45) is 0. The molecule has 0 aliphatic heterocycles. The average Bonchev–Trinajstić information content (AvgIpc) is 2.40. The van der Waals surface area contributed by atoms with E-state index >= 15 is 0 Å². The Hall–Kier alpha value is -1.52. The van der Waals surface area contributed by atoms with Gasteiger partial charge >= 0.3 is 0 Å². The Morgan fingerprint density at radius 2 is 1.83 bits per heavy atom. The van der Waals surface area contributed by atoms with Crippen molar-refractivity contribution in [3.63, 3.8) is 0 Å². The van der Waals surface area contributed by atoms with Crippen LogP contribution in [0.2, 0.25) is 0 Å². The SMILES string of the molecule is COc1ccccc1Sc1cccc(F)c1CN. The maximum atomic E-state index is 13.6. The lowest BCUT2D eigenvalue weighted by Gasteiger charge is -2.11. The molecule has 0 amide bonds. The van der Waals surface area contributed by atoms with E-state index in [0.717, 1.165) is 15.5 Å². The quantitative estimate of drug-likeness (QED) is 0.917. The maximum Gasteiger partial charge on any atom is 0.132 e. The number of methoxy groups -OCH3 is 1. The minimum atomic E-state index is -0.266. The van der Waals surface area contributed by atoms with Crippen molar-refractivity contribution < 1.29 is 9.13 Å². The third-order valence-electron chi connectivity index (χ3n) is 2.57. The van der Waals surface area contributed by atoms with E-state index in [0.29, 0.717) is 5.56 Å². The standard InChI is InChI=1S/C14H14FNOS/c1-17-12-6-2-3-7-14(12)18-13-8-4-5-11(15)10(13)9-16/h2-8H,9,16H2,1H3. The number of hydrogen-bond donors (Lipinski definition) is 1. The van der Waals surface area contributed by atoms with Gasteiger partial charge in [-0.25, -0.2) is 4.39 Å². The summed E-state index contributed by atoms with van der Waals surface area (Å²) in [6, 6.07) is 12.6. The molecule has 0 spiro atoms. The molecule has 2 aromatic carbocycles. The van der Waals surface area contributed by atoms with Gasteiger partial charge in [-0.2, -0.15) is 0 Å². The van der Waals surface area contributed by atoms with Crippen LogP contribution in [0.5, 0.6) is 5.75 Å². The van der Waals surface area contributed by atoms with Crippen molar-refractivity contribution in [2.75, 3.05) is 7.11 Å². The van der Waals surface area contributed by atoms with Gasteiger partial charge in [0.15, 0.2) is 0 Å². The van der Waals surface area contributed by atoms with Crippen LogP contribution < -0.4 is 10.5 Å². The molecule has 0 heterocycles. The van der Waals surface area contributed by atoms with Crippen LogP contribution in [0.1, 0.15) is 5.56 Å². The largest absolute Gasteiger partial charge is 0.496 e. The highest BCUT2D eigenvalue weighted by Crippen LogP contribution is 2.36. The Morgan fingerprint density at radius 1 is 1.11 bits per heavy atom. The van der Waals surface area contributed by atoms with Crippen molar-refractivity contribution in [2.24, 2.45) is 5.73 Å². The van der Waals surface area contributed by atoms with Crippen LogP contribution in [0.25, 0.3) is 0 Å². The van der Waals surface area contributed by atoms with Crippen molar-refractivity contribution in [3.05, 3.63) is 53.8 Å². The number of rotatable bonds is 4. The lowest BCUT2D eigenvalue weighted by atomic mass is 10.2. The second kappa shape index (κ2) is 5.89. The van der Waals surface area contributed by atoms with Gasteiger partial charge in [-0.1, -0.05) is 30.0 Å². The van der Waals surface area contributed by atoms with E-state index in [-0.39, 0.29) is 12.4 Å². The second-order valence-electron chi connectivity index (χ2n) is 3.67. The third-order valence-corrected chi connectivity index (χ3v) is 3.73. The van der Waals surface area contributed by atoms with Crippen LogP contribution in [0, 0.1) is 5.82 Å². The Morgan fingerprint density at radius 3 is 2.56 bits per heavy atom. The predicted octanol–water partition coefficient (Wildman–Crippen LogP) is 3.44. The first-order valence-corrected chi connectivity index (χ1v) is 6.36. The van der Waals surface area contributed by atoms with E-state index in [1.54, 1.807) is 13.2 Å². The zero-order valence-electron chi connectivity index (χ0n) is 10.0. The summed E-state index contributed by atoms with van der Waals surface area (Å²) >= 11 is 1.46. The fraction of sp³-hybridized carbons (Fsp3) is 0.143. The number of ether oxygens (including phenoxy) is 1. The number of para-hydroxylation sites is 1. The molecule has 2 rings (SSSR count). The highest BCUT2D eigenvalue weighted by Gasteiger charge is 2.10. The van der Waals surface area contributed by atoms with Crippen LogP contribution in [-0.2, 0) is 6.54 Å². The minimum Gasteiger partial charge on any atom is -0.496 e. The smallest absolute Gasteiger partial charge is 0.132 e. The van der Waals surface area contributed by atoms with E-state index in [1.807, 2.05) is 30.3 Å². The molecular formula is C14H14FNOS. The molecule has 0 saturated carbocycles. The minimum absolute atomic E-state index is 0.185. The van der Waals surface area contributed by atoms with E-state index in [9.17, 15) is 4.39 Å². The molecule has 2 N–H and O–H groups in total. The topological polar surface area (TPSA) is 35.2 Å². The van der Waals surface area contributed by atoms with Gasteiger partial charge in [0.2, 0.25) is 0 Å². The number of hydrogen-bond acceptors (Lipinski definition) is 3. The van der Waals surface area contributed by atoms with Crippen molar-refractivity contribution in [3.8, 4) is 5.75 Å². The molecule has 0 unspecified atom stereocenters. The molecule has 0 radical (unpaired) electrons. The third kappa shape index (κ3) is 2.66. The molecular weight excluding hydrogens is 249 g/mol. The molecule has 2 nitrogen and oxygen atoms in total. The Kier molecular flexibility index (Phi) is 4.23. The molecule has 0 saturated heterocycles. The summed E-state index contributed by atoms with van der Waals surface area (Å²) in [6.45, 7) is 0.185. The van der Waals surface area contributed by atoms with Crippen LogP contribution >= 0.6 is 11.8 Å². The first-order valence-electron chi connectivity index (χ1n) is 5.54. The lowest BCUT2D eigenvalue weighted by Crippen LogP contribution is -2.01. The molecule has 2 aromatic rings.